The van der Waals surface area contributed by atoms with Gasteiger partial charge in [-0.25, -0.2) is 8.42 Å². The second-order valence-corrected chi connectivity index (χ2v) is 8.96. The third-order valence-corrected chi connectivity index (χ3v) is 7.06. The minimum Gasteiger partial charge on any atom is -0.354 e. The minimum atomic E-state index is -3.74. The van der Waals surface area contributed by atoms with E-state index in [9.17, 15) is 18.0 Å². The molecule has 12 heteroatoms. The van der Waals surface area contributed by atoms with Gasteiger partial charge in [-0.3, -0.25) is 19.0 Å². The van der Waals surface area contributed by atoms with Crippen LogP contribution in [-0.2, 0) is 28.9 Å². The number of amides is 2. The SMILES string of the molecule is CNC(=O)c1nn(C)cc1NC(=O)C1CCCN(S(=O)(=O)c2cnn(C)c2C)C1. The second kappa shape index (κ2) is 7.95. The number of rotatable bonds is 5. The lowest BCUT2D eigenvalue weighted by Crippen LogP contribution is -2.43. The molecule has 3 heterocycles. The molecule has 1 unspecified atom stereocenters. The van der Waals surface area contributed by atoms with E-state index < -0.39 is 21.8 Å². The van der Waals surface area contributed by atoms with Crippen LogP contribution in [0.1, 0.15) is 29.0 Å². The number of anilines is 1. The zero-order chi connectivity index (χ0) is 21.3. The van der Waals surface area contributed by atoms with Crippen LogP contribution < -0.4 is 10.6 Å². The van der Waals surface area contributed by atoms with Crippen molar-refractivity contribution in [2.75, 3.05) is 25.5 Å². The zero-order valence-corrected chi connectivity index (χ0v) is 17.7. The molecule has 0 saturated carbocycles. The van der Waals surface area contributed by atoms with Crippen molar-refractivity contribution in [3.05, 3.63) is 23.8 Å². The summed E-state index contributed by atoms with van der Waals surface area (Å²) in [4.78, 5) is 24.9. The van der Waals surface area contributed by atoms with Gasteiger partial charge >= 0.3 is 0 Å². The monoisotopic (exact) mass is 423 g/mol. The standard InChI is InChI=1S/C17H25N7O4S/c1-11-14(8-19-23(11)4)29(27,28)24-7-5-6-12(9-24)16(25)20-13-10-22(3)21-15(13)17(26)18-2/h8,10,12H,5-7,9H2,1-4H3,(H,18,26)(H,20,25). The van der Waals surface area contributed by atoms with Crippen molar-refractivity contribution in [3.63, 3.8) is 0 Å². The minimum absolute atomic E-state index is 0.0675. The molecule has 1 aliphatic heterocycles. The lowest BCUT2D eigenvalue weighted by molar-refractivity contribution is -0.120. The third kappa shape index (κ3) is 4.03. The molecule has 11 nitrogen and oxygen atoms in total. The summed E-state index contributed by atoms with van der Waals surface area (Å²) in [5.74, 6) is -1.29. The summed E-state index contributed by atoms with van der Waals surface area (Å²) in [5, 5.41) is 13.3. The average molecular weight is 423 g/mol. The Morgan fingerprint density at radius 2 is 2.00 bits per heavy atom. The second-order valence-electron chi connectivity index (χ2n) is 7.05. The van der Waals surface area contributed by atoms with E-state index in [4.69, 9.17) is 0 Å². The quantitative estimate of drug-likeness (QED) is 0.688. The van der Waals surface area contributed by atoms with E-state index in [2.05, 4.69) is 20.8 Å². The summed E-state index contributed by atoms with van der Waals surface area (Å²) < 4.78 is 30.3. The molecule has 2 N–H and O–H groups in total. The molecule has 29 heavy (non-hydrogen) atoms. The first kappa shape index (κ1) is 21.0. The summed E-state index contributed by atoms with van der Waals surface area (Å²) in [6.45, 7) is 2.10. The lowest BCUT2D eigenvalue weighted by atomic mass is 9.99. The predicted octanol–water partition coefficient (Wildman–Crippen LogP) is -0.139. The number of hydrogen-bond donors (Lipinski definition) is 2. The van der Waals surface area contributed by atoms with E-state index in [-0.39, 0.29) is 23.0 Å². The molecule has 3 rings (SSSR count). The van der Waals surface area contributed by atoms with Gasteiger partial charge in [0, 0.05) is 40.4 Å². The maximum absolute atomic E-state index is 13.0. The first-order chi connectivity index (χ1) is 13.6. The van der Waals surface area contributed by atoms with Crippen LogP contribution in [0, 0.1) is 12.8 Å². The van der Waals surface area contributed by atoms with Crippen LogP contribution in [0.25, 0.3) is 0 Å². The number of sulfonamides is 1. The Kier molecular flexibility index (Phi) is 5.75. The molecule has 0 bridgehead atoms. The van der Waals surface area contributed by atoms with Gasteiger partial charge in [0.15, 0.2) is 5.69 Å². The van der Waals surface area contributed by atoms with Crippen LogP contribution in [0.5, 0.6) is 0 Å². The lowest BCUT2D eigenvalue weighted by Gasteiger charge is -2.31. The molecule has 0 spiro atoms. The molecule has 0 aliphatic carbocycles. The maximum atomic E-state index is 13.0. The Balaban J connectivity index is 1.77. The van der Waals surface area contributed by atoms with Gasteiger partial charge in [0.2, 0.25) is 15.9 Å². The van der Waals surface area contributed by atoms with Crippen LogP contribution in [0.15, 0.2) is 17.3 Å². The summed E-state index contributed by atoms with van der Waals surface area (Å²) in [7, 11) is 1.06. The highest BCUT2D eigenvalue weighted by Gasteiger charge is 2.35. The fourth-order valence-corrected chi connectivity index (χ4v) is 5.06. The van der Waals surface area contributed by atoms with Crippen LogP contribution in [0.4, 0.5) is 5.69 Å². The molecule has 2 aromatic heterocycles. The molecule has 1 atom stereocenters. The van der Waals surface area contributed by atoms with E-state index in [0.717, 1.165) is 0 Å². The zero-order valence-electron chi connectivity index (χ0n) is 16.8. The summed E-state index contributed by atoms with van der Waals surface area (Å²) in [6.07, 6.45) is 3.99. The van der Waals surface area contributed by atoms with E-state index in [1.165, 1.54) is 26.9 Å². The number of piperidine rings is 1. The molecule has 2 amide bonds. The van der Waals surface area contributed by atoms with Gasteiger partial charge in [0.1, 0.15) is 4.90 Å². The Morgan fingerprint density at radius 3 is 2.62 bits per heavy atom. The number of nitrogens with one attached hydrogen (secondary N) is 2. The Bertz CT molecular complexity index is 1040. The van der Waals surface area contributed by atoms with Crippen LogP contribution in [0.2, 0.25) is 0 Å². The molecule has 1 aliphatic rings. The van der Waals surface area contributed by atoms with Gasteiger partial charge in [-0.15, -0.1) is 0 Å². The first-order valence-electron chi connectivity index (χ1n) is 9.20. The summed E-state index contributed by atoms with van der Waals surface area (Å²) >= 11 is 0. The van der Waals surface area contributed by atoms with Gasteiger partial charge in [0.25, 0.3) is 5.91 Å². The summed E-state index contributed by atoms with van der Waals surface area (Å²) in [6, 6.07) is 0. The molecular formula is C17H25N7O4S. The third-order valence-electron chi connectivity index (χ3n) is 5.09. The Labute approximate surface area is 169 Å². The molecule has 0 radical (unpaired) electrons. The van der Waals surface area contributed by atoms with Crippen molar-refractivity contribution in [1.29, 1.82) is 0 Å². The van der Waals surface area contributed by atoms with E-state index in [1.807, 2.05) is 0 Å². The Morgan fingerprint density at radius 1 is 1.28 bits per heavy atom. The molecule has 1 saturated heterocycles. The fraction of sp³-hybridized carbons (Fsp3) is 0.529. The highest BCUT2D eigenvalue weighted by Crippen LogP contribution is 2.26. The van der Waals surface area contributed by atoms with Crippen molar-refractivity contribution < 1.29 is 18.0 Å². The van der Waals surface area contributed by atoms with Crippen molar-refractivity contribution in [1.82, 2.24) is 29.2 Å². The van der Waals surface area contributed by atoms with E-state index in [0.29, 0.717) is 30.8 Å². The number of hydrogen-bond acceptors (Lipinski definition) is 6. The van der Waals surface area contributed by atoms with Gasteiger partial charge < -0.3 is 10.6 Å². The molecule has 1 fully saturated rings. The van der Waals surface area contributed by atoms with Gasteiger partial charge in [-0.05, 0) is 19.8 Å². The number of aromatic nitrogens is 4. The molecule has 2 aromatic rings. The number of aryl methyl sites for hydroxylation is 2. The highest BCUT2D eigenvalue weighted by molar-refractivity contribution is 7.89. The largest absolute Gasteiger partial charge is 0.354 e. The van der Waals surface area contributed by atoms with Crippen molar-refractivity contribution in [2.45, 2.75) is 24.7 Å². The molecule has 0 aromatic carbocycles. The smallest absolute Gasteiger partial charge is 0.273 e. The van der Waals surface area contributed by atoms with Crippen molar-refractivity contribution in [3.8, 4) is 0 Å². The summed E-state index contributed by atoms with van der Waals surface area (Å²) in [5.41, 5.74) is 0.941. The van der Waals surface area contributed by atoms with Gasteiger partial charge in [-0.1, -0.05) is 0 Å². The molecule has 158 valence electrons. The van der Waals surface area contributed by atoms with Gasteiger partial charge in [0.05, 0.1) is 23.5 Å². The Hall–Kier alpha value is -2.73. The maximum Gasteiger partial charge on any atom is 0.273 e. The van der Waals surface area contributed by atoms with Crippen molar-refractivity contribution in [2.24, 2.45) is 20.0 Å². The molecular weight excluding hydrogens is 398 g/mol. The topological polar surface area (TPSA) is 131 Å². The van der Waals surface area contributed by atoms with E-state index in [1.54, 1.807) is 27.2 Å². The van der Waals surface area contributed by atoms with E-state index >= 15 is 0 Å². The average Bonchev–Trinajstić information content (AvgIpc) is 3.23. The van der Waals surface area contributed by atoms with Crippen LogP contribution >= 0.6 is 0 Å². The van der Waals surface area contributed by atoms with Crippen molar-refractivity contribution >= 4 is 27.5 Å². The first-order valence-corrected chi connectivity index (χ1v) is 10.6. The fourth-order valence-electron chi connectivity index (χ4n) is 3.35. The number of nitrogens with zero attached hydrogens (tertiary/aromatic N) is 5. The normalized spacial score (nSPS) is 17.9. The number of carbonyl (C=O) groups is 2. The highest BCUT2D eigenvalue weighted by atomic mass is 32.2. The predicted molar refractivity (Wildman–Crippen MR) is 105 cm³/mol. The van der Waals surface area contributed by atoms with Crippen LogP contribution in [-0.4, -0.2) is 64.2 Å². The van der Waals surface area contributed by atoms with Gasteiger partial charge in [-0.2, -0.15) is 14.5 Å². The number of carbonyl (C=O) groups excluding carboxylic acids is 2. The van der Waals surface area contributed by atoms with Crippen LogP contribution in [0.3, 0.4) is 0 Å².